The van der Waals surface area contributed by atoms with Crippen LogP contribution in [0.3, 0.4) is 0 Å². The van der Waals surface area contributed by atoms with Crippen LogP contribution in [0.25, 0.3) is 0 Å². The van der Waals surface area contributed by atoms with Crippen molar-refractivity contribution in [1.82, 2.24) is 0 Å². The highest BCUT2D eigenvalue weighted by molar-refractivity contribution is 7.99. The van der Waals surface area contributed by atoms with Gasteiger partial charge in [-0.25, -0.2) is 4.39 Å². The van der Waals surface area contributed by atoms with Crippen molar-refractivity contribution in [3.63, 3.8) is 0 Å². The summed E-state index contributed by atoms with van der Waals surface area (Å²) in [5.74, 6) is -0.168. The predicted octanol–water partition coefficient (Wildman–Crippen LogP) is 3.35. The van der Waals surface area contributed by atoms with Crippen LogP contribution >= 0.6 is 11.8 Å². The maximum Gasteiger partial charge on any atom is 0.137 e. The monoisotopic (exact) mass is 213 g/mol. The van der Waals surface area contributed by atoms with Gasteiger partial charge in [0.25, 0.3) is 0 Å². The molecule has 1 atom stereocenters. The molecule has 3 heteroatoms. The van der Waals surface area contributed by atoms with Gasteiger partial charge in [-0.3, -0.25) is 0 Å². The van der Waals surface area contributed by atoms with E-state index in [9.17, 15) is 4.39 Å². The lowest BCUT2D eigenvalue weighted by molar-refractivity contribution is 0.596. The average Bonchev–Trinajstić information content (AvgIpc) is 2.07. The fraction of sp³-hybridized carbons (Fsp3) is 0.455. The van der Waals surface area contributed by atoms with Crippen LogP contribution in [-0.2, 0) is 0 Å². The van der Waals surface area contributed by atoms with Gasteiger partial charge in [0.05, 0.1) is 0 Å². The molecule has 0 spiro atoms. The highest BCUT2D eigenvalue weighted by Crippen LogP contribution is 2.27. The summed E-state index contributed by atoms with van der Waals surface area (Å²) in [5.41, 5.74) is 6.50. The summed E-state index contributed by atoms with van der Waals surface area (Å²) in [6, 6.07) is 5.11. The predicted molar refractivity (Wildman–Crippen MR) is 60.0 cm³/mol. The molecule has 1 aromatic carbocycles. The molecule has 1 nitrogen and oxygen atoms in total. The molecule has 78 valence electrons. The second-order valence-electron chi connectivity index (χ2n) is 3.65. The molecule has 2 N–H and O–H groups in total. The number of thioether (sulfide) groups is 1. The molecule has 0 saturated carbocycles. The number of hydrogen-bond acceptors (Lipinski definition) is 2. The largest absolute Gasteiger partial charge is 0.324 e. The van der Waals surface area contributed by atoms with Crippen molar-refractivity contribution < 1.29 is 4.39 Å². The summed E-state index contributed by atoms with van der Waals surface area (Å²) in [6.45, 7) is 5.94. The van der Waals surface area contributed by atoms with E-state index in [-0.39, 0.29) is 11.9 Å². The van der Waals surface area contributed by atoms with Crippen LogP contribution in [0.1, 0.15) is 32.4 Å². The smallest absolute Gasteiger partial charge is 0.137 e. The van der Waals surface area contributed by atoms with Gasteiger partial charge in [0.2, 0.25) is 0 Å². The highest BCUT2D eigenvalue weighted by atomic mass is 32.2. The summed E-state index contributed by atoms with van der Waals surface area (Å²) in [4.78, 5) is 0.699. The van der Waals surface area contributed by atoms with Crippen LogP contribution < -0.4 is 5.73 Å². The van der Waals surface area contributed by atoms with Crippen molar-refractivity contribution >= 4 is 11.8 Å². The molecule has 0 unspecified atom stereocenters. The Bertz CT molecular complexity index is 310. The van der Waals surface area contributed by atoms with E-state index < -0.39 is 0 Å². The zero-order valence-corrected chi connectivity index (χ0v) is 9.57. The van der Waals surface area contributed by atoms with Crippen molar-refractivity contribution in [3.8, 4) is 0 Å². The third kappa shape index (κ3) is 3.00. The van der Waals surface area contributed by atoms with Crippen LogP contribution in [0.5, 0.6) is 0 Å². The molecule has 0 bridgehead atoms. The third-order valence-corrected chi connectivity index (χ3v) is 2.90. The Morgan fingerprint density at radius 2 is 1.93 bits per heavy atom. The first kappa shape index (κ1) is 11.5. The molecular formula is C11H16FNS. The first-order valence-corrected chi connectivity index (χ1v) is 5.60. The second kappa shape index (κ2) is 4.80. The molecule has 0 saturated heterocycles. The molecule has 0 amide bonds. The van der Waals surface area contributed by atoms with Gasteiger partial charge in [-0.1, -0.05) is 19.9 Å². The Labute approximate surface area is 88.9 Å². The molecule has 0 radical (unpaired) electrons. The van der Waals surface area contributed by atoms with E-state index in [2.05, 4.69) is 0 Å². The van der Waals surface area contributed by atoms with Crippen LogP contribution in [0.15, 0.2) is 23.1 Å². The number of hydrogen-bond donors (Lipinski definition) is 1. The molecule has 1 aromatic rings. The molecule has 0 heterocycles. The van der Waals surface area contributed by atoms with E-state index in [0.29, 0.717) is 10.1 Å². The molecule has 0 aliphatic heterocycles. The first-order valence-electron chi connectivity index (χ1n) is 4.72. The Morgan fingerprint density at radius 1 is 1.29 bits per heavy atom. The maximum absolute atomic E-state index is 13.5. The summed E-state index contributed by atoms with van der Waals surface area (Å²) in [5, 5.41) is 0.394. The highest BCUT2D eigenvalue weighted by Gasteiger charge is 2.07. The van der Waals surface area contributed by atoms with Gasteiger partial charge >= 0.3 is 0 Å². The van der Waals surface area contributed by atoms with Crippen molar-refractivity contribution in [2.24, 2.45) is 5.73 Å². The topological polar surface area (TPSA) is 26.0 Å². The summed E-state index contributed by atoms with van der Waals surface area (Å²) >= 11 is 1.53. The third-order valence-electron chi connectivity index (χ3n) is 1.84. The lowest BCUT2D eigenvalue weighted by Crippen LogP contribution is -2.05. The van der Waals surface area contributed by atoms with Crippen LogP contribution in [0, 0.1) is 5.82 Å². The first-order chi connectivity index (χ1) is 6.50. The minimum Gasteiger partial charge on any atom is -0.324 e. The zero-order valence-electron chi connectivity index (χ0n) is 8.75. The van der Waals surface area contributed by atoms with Gasteiger partial charge in [-0.05, 0) is 24.6 Å². The lowest BCUT2D eigenvalue weighted by atomic mass is 10.1. The van der Waals surface area contributed by atoms with E-state index in [0.717, 1.165) is 5.56 Å². The fourth-order valence-electron chi connectivity index (χ4n) is 1.15. The maximum atomic E-state index is 13.5. The standard InChI is InChI=1S/C11H16FNS/c1-7(2)14-11-5-4-9(8(3)13)6-10(11)12/h4-8H,13H2,1-3H3/t8-/m0/s1. The number of halogens is 1. The normalized spacial score (nSPS) is 13.3. The number of rotatable bonds is 3. The van der Waals surface area contributed by atoms with Gasteiger partial charge < -0.3 is 5.73 Å². The molecular weight excluding hydrogens is 197 g/mol. The Morgan fingerprint density at radius 3 is 2.36 bits per heavy atom. The van der Waals surface area contributed by atoms with Gasteiger partial charge in [-0.15, -0.1) is 11.8 Å². The van der Waals surface area contributed by atoms with Crippen LogP contribution in [0.4, 0.5) is 4.39 Å². The molecule has 14 heavy (non-hydrogen) atoms. The summed E-state index contributed by atoms with van der Waals surface area (Å²) in [7, 11) is 0. The minimum atomic E-state index is -0.168. The average molecular weight is 213 g/mol. The molecule has 1 rings (SSSR count). The Hall–Kier alpha value is -0.540. The van der Waals surface area contributed by atoms with E-state index in [1.165, 1.54) is 17.8 Å². The SMILES string of the molecule is CC(C)Sc1ccc([C@H](C)N)cc1F. The van der Waals surface area contributed by atoms with E-state index in [1.54, 1.807) is 6.07 Å². The van der Waals surface area contributed by atoms with Crippen molar-refractivity contribution in [2.75, 3.05) is 0 Å². The molecule has 0 aromatic heterocycles. The Balaban J connectivity index is 2.90. The van der Waals surface area contributed by atoms with Gasteiger partial charge in [0.1, 0.15) is 5.82 Å². The minimum absolute atomic E-state index is 0.109. The van der Waals surface area contributed by atoms with E-state index in [4.69, 9.17) is 5.73 Å². The van der Waals surface area contributed by atoms with E-state index in [1.807, 2.05) is 26.8 Å². The van der Waals surface area contributed by atoms with Gasteiger partial charge in [0.15, 0.2) is 0 Å². The molecule has 0 aliphatic rings. The summed E-state index contributed by atoms with van der Waals surface area (Å²) in [6.07, 6.45) is 0. The number of nitrogens with two attached hydrogens (primary N) is 1. The lowest BCUT2D eigenvalue weighted by Gasteiger charge is -2.09. The van der Waals surface area contributed by atoms with Gasteiger partial charge in [0, 0.05) is 16.2 Å². The second-order valence-corrected chi connectivity index (χ2v) is 5.26. The van der Waals surface area contributed by atoms with Gasteiger partial charge in [-0.2, -0.15) is 0 Å². The number of benzene rings is 1. The van der Waals surface area contributed by atoms with Crippen molar-refractivity contribution in [3.05, 3.63) is 29.6 Å². The molecule has 0 aliphatic carbocycles. The zero-order chi connectivity index (χ0) is 10.7. The Kier molecular flexibility index (Phi) is 3.96. The quantitative estimate of drug-likeness (QED) is 0.779. The molecule has 0 fully saturated rings. The van der Waals surface area contributed by atoms with Crippen molar-refractivity contribution in [1.29, 1.82) is 0 Å². The fourth-order valence-corrected chi connectivity index (χ4v) is 1.98. The van der Waals surface area contributed by atoms with Crippen LogP contribution in [-0.4, -0.2) is 5.25 Å². The summed E-state index contributed by atoms with van der Waals surface area (Å²) < 4.78 is 13.5. The van der Waals surface area contributed by atoms with Crippen molar-refractivity contribution in [2.45, 2.75) is 37.0 Å². The van der Waals surface area contributed by atoms with E-state index >= 15 is 0 Å². The van der Waals surface area contributed by atoms with Crippen LogP contribution in [0.2, 0.25) is 0 Å².